The SMILES string of the molecule is C/C=C1\C(CCC)=C(C(N)=Nc2ccc(NSC)cc2P)CCN1CCC(C)(C)C.CCO. The van der Waals surface area contributed by atoms with Crippen molar-refractivity contribution in [3.8, 4) is 0 Å². The summed E-state index contributed by atoms with van der Waals surface area (Å²) in [5.41, 5.74) is 12.8. The Hall–Kier alpha value is -1.49. The van der Waals surface area contributed by atoms with Crippen molar-refractivity contribution in [1.29, 1.82) is 0 Å². The molecule has 4 N–H and O–H groups in total. The molecule has 1 unspecified atom stereocenters. The molecular formula is C26H45N4OPS. The quantitative estimate of drug-likeness (QED) is 0.179. The van der Waals surface area contributed by atoms with Gasteiger partial charge in [-0.25, -0.2) is 4.99 Å². The maximum atomic E-state index is 7.57. The third-order valence-electron chi connectivity index (χ3n) is 5.35. The Morgan fingerprint density at radius 3 is 2.52 bits per heavy atom. The number of benzene rings is 1. The van der Waals surface area contributed by atoms with Crippen LogP contribution in [0.15, 0.2) is 46.1 Å². The van der Waals surface area contributed by atoms with Crippen LogP contribution in [0.4, 0.5) is 11.4 Å². The summed E-state index contributed by atoms with van der Waals surface area (Å²) in [5, 5.41) is 8.61. The number of hydrogen-bond acceptors (Lipinski definition) is 5. The van der Waals surface area contributed by atoms with E-state index >= 15 is 0 Å². The van der Waals surface area contributed by atoms with Crippen LogP contribution in [0.25, 0.3) is 0 Å². The molecule has 0 saturated heterocycles. The van der Waals surface area contributed by atoms with E-state index in [9.17, 15) is 0 Å². The van der Waals surface area contributed by atoms with E-state index in [-0.39, 0.29) is 6.61 Å². The summed E-state index contributed by atoms with van der Waals surface area (Å²) in [6, 6.07) is 6.16. The predicted molar refractivity (Wildman–Crippen MR) is 153 cm³/mol. The fourth-order valence-corrected chi connectivity index (χ4v) is 4.47. The maximum absolute atomic E-state index is 7.57. The minimum absolute atomic E-state index is 0.250. The van der Waals surface area contributed by atoms with Gasteiger partial charge in [0.05, 0.1) is 5.69 Å². The molecule has 1 aliphatic rings. The van der Waals surface area contributed by atoms with Crippen LogP contribution in [-0.2, 0) is 0 Å². The molecular weight excluding hydrogens is 447 g/mol. The van der Waals surface area contributed by atoms with Gasteiger partial charge in [0.2, 0.25) is 0 Å². The largest absolute Gasteiger partial charge is 0.397 e. The molecule has 0 aromatic heterocycles. The lowest BCUT2D eigenvalue weighted by Gasteiger charge is -2.37. The van der Waals surface area contributed by atoms with E-state index in [4.69, 9.17) is 15.8 Å². The third kappa shape index (κ3) is 9.72. The molecule has 0 spiro atoms. The van der Waals surface area contributed by atoms with E-state index in [0.717, 1.165) is 49.0 Å². The first kappa shape index (κ1) is 29.5. The average molecular weight is 493 g/mol. The Morgan fingerprint density at radius 1 is 1.33 bits per heavy atom. The second-order valence-electron chi connectivity index (χ2n) is 9.32. The smallest absolute Gasteiger partial charge is 0.127 e. The van der Waals surface area contributed by atoms with Gasteiger partial charge in [-0.05, 0) is 67.6 Å². The van der Waals surface area contributed by atoms with E-state index in [1.165, 1.54) is 23.3 Å². The first-order valence-electron chi connectivity index (χ1n) is 11.9. The molecule has 0 amide bonds. The Kier molecular flexibility index (Phi) is 13.2. The second kappa shape index (κ2) is 14.7. The van der Waals surface area contributed by atoms with Crippen LogP contribution in [0, 0.1) is 5.41 Å². The number of nitrogens with two attached hydrogens (primary N) is 1. The summed E-state index contributed by atoms with van der Waals surface area (Å²) in [5.74, 6) is 0.655. The van der Waals surface area contributed by atoms with Crippen molar-refractivity contribution >= 4 is 43.7 Å². The third-order valence-corrected chi connectivity index (χ3v) is 6.25. The van der Waals surface area contributed by atoms with E-state index in [2.05, 4.69) is 65.6 Å². The molecule has 0 radical (unpaired) electrons. The van der Waals surface area contributed by atoms with Gasteiger partial charge in [0.25, 0.3) is 0 Å². The number of aliphatic hydroxyl groups excluding tert-OH is 1. The van der Waals surface area contributed by atoms with Gasteiger partial charge in [-0.3, -0.25) is 0 Å². The highest BCUT2D eigenvalue weighted by molar-refractivity contribution is 7.99. The van der Waals surface area contributed by atoms with Crippen molar-refractivity contribution in [1.82, 2.24) is 4.90 Å². The van der Waals surface area contributed by atoms with Gasteiger partial charge < -0.3 is 20.5 Å². The summed E-state index contributed by atoms with van der Waals surface area (Å²) in [6.45, 7) is 15.3. The number of aliphatic hydroxyl groups is 1. The molecule has 33 heavy (non-hydrogen) atoms. The summed E-state index contributed by atoms with van der Waals surface area (Å²) in [6.07, 6.45) is 8.52. The molecule has 2 rings (SSSR count). The van der Waals surface area contributed by atoms with Crippen LogP contribution in [-0.4, -0.2) is 41.8 Å². The van der Waals surface area contributed by atoms with Crippen LogP contribution in [0.5, 0.6) is 0 Å². The predicted octanol–water partition coefficient (Wildman–Crippen LogP) is 6.01. The molecule has 0 bridgehead atoms. The summed E-state index contributed by atoms with van der Waals surface area (Å²) >= 11 is 1.58. The van der Waals surface area contributed by atoms with E-state index in [1.54, 1.807) is 18.9 Å². The van der Waals surface area contributed by atoms with E-state index < -0.39 is 0 Å². The molecule has 1 aromatic carbocycles. The lowest BCUT2D eigenvalue weighted by molar-refractivity contribution is 0.269. The van der Waals surface area contributed by atoms with Crippen LogP contribution in [0.2, 0.25) is 0 Å². The van der Waals surface area contributed by atoms with Gasteiger partial charge in [-0.2, -0.15) is 0 Å². The monoisotopic (exact) mass is 492 g/mol. The highest BCUT2D eigenvalue weighted by Crippen LogP contribution is 2.33. The van der Waals surface area contributed by atoms with E-state index in [1.807, 2.05) is 18.4 Å². The second-order valence-corrected chi connectivity index (χ2v) is 10.6. The first-order valence-corrected chi connectivity index (χ1v) is 13.7. The highest BCUT2D eigenvalue weighted by Gasteiger charge is 2.25. The summed E-state index contributed by atoms with van der Waals surface area (Å²) in [4.78, 5) is 7.37. The average Bonchev–Trinajstić information content (AvgIpc) is 2.74. The number of aliphatic imine (C=N–C) groups is 1. The molecule has 0 fully saturated rings. The summed E-state index contributed by atoms with van der Waals surface area (Å²) < 4.78 is 3.26. The zero-order chi connectivity index (χ0) is 25.0. The van der Waals surface area contributed by atoms with Crippen LogP contribution in [0.3, 0.4) is 0 Å². The molecule has 1 heterocycles. The number of allylic oxidation sites excluding steroid dienone is 2. The molecule has 186 valence electrons. The number of nitrogens with zero attached hydrogens (tertiary/aromatic N) is 2. The zero-order valence-corrected chi connectivity index (χ0v) is 23.6. The van der Waals surface area contributed by atoms with Crippen molar-refractivity contribution in [2.24, 2.45) is 16.1 Å². The lowest BCUT2D eigenvalue weighted by Crippen LogP contribution is -2.35. The number of hydrogen-bond donors (Lipinski definition) is 3. The standard InChI is InChI=1S/C24H39N4PS.C2H6O/c1-7-9-18-19(12-14-28(21(18)8-2)15-13-24(3,4)5)23(25)26-20-11-10-17(27-30-6)16-22(20)29;1-2-3/h8,10-11,16,27H,7,9,12-15,29H2,1-6H3,(H2,25,26);3H,2H2,1H3/b21-8+;. The number of amidine groups is 1. The topological polar surface area (TPSA) is 73.9 Å². The summed E-state index contributed by atoms with van der Waals surface area (Å²) in [7, 11) is 2.78. The van der Waals surface area contributed by atoms with Gasteiger partial charge in [0.1, 0.15) is 5.84 Å². The number of nitrogens with one attached hydrogen (secondary N) is 1. The molecule has 5 nitrogen and oxygen atoms in total. The maximum Gasteiger partial charge on any atom is 0.127 e. The van der Waals surface area contributed by atoms with Crippen molar-refractivity contribution in [2.75, 3.05) is 30.7 Å². The van der Waals surface area contributed by atoms with Crippen molar-refractivity contribution < 1.29 is 5.11 Å². The van der Waals surface area contributed by atoms with Crippen LogP contribution >= 0.6 is 21.2 Å². The van der Waals surface area contributed by atoms with Gasteiger partial charge >= 0.3 is 0 Å². The van der Waals surface area contributed by atoms with Crippen LogP contribution in [0.1, 0.15) is 67.2 Å². The van der Waals surface area contributed by atoms with Crippen LogP contribution < -0.4 is 15.8 Å². The molecule has 1 atom stereocenters. The highest BCUT2D eigenvalue weighted by atomic mass is 32.2. The fraction of sp³-hybridized carbons (Fsp3) is 0.577. The van der Waals surface area contributed by atoms with Crippen molar-refractivity contribution in [3.05, 3.63) is 41.1 Å². The van der Waals surface area contributed by atoms with Gasteiger partial charge in [-0.1, -0.05) is 52.1 Å². The van der Waals surface area contributed by atoms with Gasteiger partial charge in [-0.15, -0.1) is 9.24 Å². The Bertz CT molecular complexity index is 843. The Balaban J connectivity index is 0.00000172. The molecule has 7 heteroatoms. The fourth-order valence-electron chi connectivity index (χ4n) is 3.77. The van der Waals surface area contributed by atoms with E-state index in [0.29, 0.717) is 11.3 Å². The molecule has 0 aliphatic carbocycles. The minimum Gasteiger partial charge on any atom is -0.397 e. The number of anilines is 1. The first-order chi connectivity index (χ1) is 15.6. The normalized spacial score (nSPS) is 16.1. The molecule has 1 aromatic rings. The van der Waals surface area contributed by atoms with Gasteiger partial charge in [0, 0.05) is 42.9 Å². The molecule has 1 aliphatic heterocycles. The minimum atomic E-state index is 0.250. The zero-order valence-electron chi connectivity index (χ0n) is 21.7. The van der Waals surface area contributed by atoms with Crippen molar-refractivity contribution in [2.45, 2.75) is 67.2 Å². The Morgan fingerprint density at radius 2 is 2.00 bits per heavy atom. The lowest BCUT2D eigenvalue weighted by atomic mass is 9.89. The number of rotatable bonds is 8. The van der Waals surface area contributed by atoms with Crippen molar-refractivity contribution in [3.63, 3.8) is 0 Å². The Labute approximate surface area is 208 Å². The molecule has 0 saturated carbocycles. The van der Waals surface area contributed by atoms with Gasteiger partial charge in [0.15, 0.2) is 0 Å².